The summed E-state index contributed by atoms with van der Waals surface area (Å²) >= 11 is 5.57. The highest BCUT2D eigenvalue weighted by Gasteiger charge is 2.30. The van der Waals surface area contributed by atoms with Crippen LogP contribution in [0, 0.1) is 0 Å². The molecule has 0 aliphatic carbocycles. The molecule has 0 spiro atoms. The van der Waals surface area contributed by atoms with E-state index in [1.54, 1.807) is 24.3 Å². The Morgan fingerprint density at radius 3 is 2.59 bits per heavy atom. The molecule has 6 heteroatoms. The Morgan fingerprint density at radius 1 is 1.24 bits per heavy atom. The summed E-state index contributed by atoms with van der Waals surface area (Å²) < 4.78 is 38.6. The third-order valence-electron chi connectivity index (χ3n) is 2.39. The van der Waals surface area contributed by atoms with E-state index in [0.29, 0.717) is 23.3 Å². The summed E-state index contributed by atoms with van der Waals surface area (Å²) in [6, 6.07) is 6.77. The number of para-hydroxylation sites is 2. The first kappa shape index (κ1) is 12.2. The SMILES string of the molecule is FC(F)(F)Cn1c(CCCl)nc2ccccc21. The van der Waals surface area contributed by atoms with Gasteiger partial charge in [-0.05, 0) is 12.1 Å². The van der Waals surface area contributed by atoms with Gasteiger partial charge in [0.2, 0.25) is 0 Å². The lowest BCUT2D eigenvalue weighted by Crippen LogP contribution is -2.19. The van der Waals surface area contributed by atoms with Crippen LogP contribution in [0.4, 0.5) is 13.2 Å². The summed E-state index contributed by atoms with van der Waals surface area (Å²) in [5.41, 5.74) is 1.06. The molecule has 1 aromatic carbocycles. The molecule has 2 aromatic rings. The number of nitrogens with zero attached hydrogens (tertiary/aromatic N) is 2. The molecule has 92 valence electrons. The van der Waals surface area contributed by atoms with Gasteiger partial charge < -0.3 is 4.57 Å². The summed E-state index contributed by atoms with van der Waals surface area (Å²) in [4.78, 5) is 4.17. The Bertz CT molecular complexity index is 519. The smallest absolute Gasteiger partial charge is 0.319 e. The summed E-state index contributed by atoms with van der Waals surface area (Å²) in [6.07, 6.45) is -3.93. The maximum absolute atomic E-state index is 12.5. The zero-order valence-corrected chi connectivity index (χ0v) is 9.59. The van der Waals surface area contributed by atoms with Crippen LogP contribution in [0.5, 0.6) is 0 Å². The van der Waals surface area contributed by atoms with Crippen molar-refractivity contribution in [3.8, 4) is 0 Å². The first-order valence-corrected chi connectivity index (χ1v) is 5.61. The summed E-state index contributed by atoms with van der Waals surface area (Å²) in [5.74, 6) is 0.625. The van der Waals surface area contributed by atoms with Crippen LogP contribution in [0.25, 0.3) is 11.0 Å². The molecule has 0 atom stereocenters. The molecule has 1 heterocycles. The summed E-state index contributed by atoms with van der Waals surface area (Å²) in [6.45, 7) is -1.03. The van der Waals surface area contributed by atoms with E-state index in [9.17, 15) is 13.2 Å². The van der Waals surface area contributed by atoms with Gasteiger partial charge in [0.05, 0.1) is 11.0 Å². The highest BCUT2D eigenvalue weighted by Crippen LogP contribution is 2.23. The number of hydrogen-bond donors (Lipinski definition) is 0. The minimum Gasteiger partial charge on any atom is -0.319 e. The third kappa shape index (κ3) is 2.72. The van der Waals surface area contributed by atoms with Gasteiger partial charge in [-0.2, -0.15) is 13.2 Å². The number of halogens is 4. The molecule has 0 unspecified atom stereocenters. The predicted molar refractivity (Wildman–Crippen MR) is 60.2 cm³/mol. The normalized spacial score (nSPS) is 12.2. The molecule has 17 heavy (non-hydrogen) atoms. The number of aryl methyl sites for hydroxylation is 1. The maximum Gasteiger partial charge on any atom is 0.406 e. The quantitative estimate of drug-likeness (QED) is 0.776. The molecular weight excluding hydrogens is 253 g/mol. The maximum atomic E-state index is 12.5. The van der Waals surface area contributed by atoms with Crippen LogP contribution in [0.1, 0.15) is 5.82 Å². The number of imidazole rings is 1. The van der Waals surface area contributed by atoms with Crippen molar-refractivity contribution in [3.63, 3.8) is 0 Å². The molecule has 0 aliphatic heterocycles. The monoisotopic (exact) mass is 262 g/mol. The fourth-order valence-electron chi connectivity index (χ4n) is 1.76. The van der Waals surface area contributed by atoms with Crippen molar-refractivity contribution >= 4 is 22.6 Å². The van der Waals surface area contributed by atoms with E-state index in [4.69, 9.17) is 11.6 Å². The first-order valence-electron chi connectivity index (χ1n) is 5.08. The van der Waals surface area contributed by atoms with Gasteiger partial charge in [-0.3, -0.25) is 0 Å². The highest BCUT2D eigenvalue weighted by atomic mass is 35.5. The van der Waals surface area contributed by atoms with E-state index >= 15 is 0 Å². The van der Waals surface area contributed by atoms with E-state index < -0.39 is 12.7 Å². The highest BCUT2D eigenvalue weighted by molar-refractivity contribution is 6.17. The van der Waals surface area contributed by atoms with Crippen molar-refractivity contribution in [2.24, 2.45) is 0 Å². The van der Waals surface area contributed by atoms with Crippen molar-refractivity contribution in [3.05, 3.63) is 30.1 Å². The second-order valence-corrected chi connectivity index (χ2v) is 4.04. The number of fused-ring (bicyclic) bond motifs is 1. The van der Waals surface area contributed by atoms with Gasteiger partial charge in [0.15, 0.2) is 0 Å². The van der Waals surface area contributed by atoms with Crippen molar-refractivity contribution < 1.29 is 13.2 Å². The van der Waals surface area contributed by atoms with Crippen LogP contribution in [0.3, 0.4) is 0 Å². The van der Waals surface area contributed by atoms with Crippen LogP contribution in [0.2, 0.25) is 0 Å². The van der Waals surface area contributed by atoms with Gasteiger partial charge in [-0.1, -0.05) is 12.1 Å². The lowest BCUT2D eigenvalue weighted by atomic mass is 10.3. The number of hydrogen-bond acceptors (Lipinski definition) is 1. The van der Waals surface area contributed by atoms with E-state index in [1.165, 1.54) is 4.57 Å². The average molecular weight is 263 g/mol. The van der Waals surface area contributed by atoms with Crippen LogP contribution >= 0.6 is 11.6 Å². The molecule has 0 radical (unpaired) electrons. The van der Waals surface area contributed by atoms with Crippen LogP contribution in [-0.4, -0.2) is 21.6 Å². The molecule has 2 nitrogen and oxygen atoms in total. The van der Waals surface area contributed by atoms with Crippen molar-refractivity contribution in [2.75, 3.05) is 5.88 Å². The Morgan fingerprint density at radius 2 is 1.94 bits per heavy atom. The largest absolute Gasteiger partial charge is 0.406 e. The Hall–Kier alpha value is -1.23. The van der Waals surface area contributed by atoms with Gasteiger partial charge in [-0.25, -0.2) is 4.98 Å². The predicted octanol–water partition coefficient (Wildman–Crippen LogP) is 3.38. The van der Waals surface area contributed by atoms with Crippen LogP contribution < -0.4 is 0 Å². The second-order valence-electron chi connectivity index (χ2n) is 3.66. The molecule has 0 bridgehead atoms. The molecule has 2 rings (SSSR count). The first-order chi connectivity index (χ1) is 8.01. The van der Waals surface area contributed by atoms with Crippen molar-refractivity contribution in [1.29, 1.82) is 0 Å². The lowest BCUT2D eigenvalue weighted by molar-refractivity contribution is -0.140. The molecule has 0 amide bonds. The second kappa shape index (κ2) is 4.56. The van der Waals surface area contributed by atoms with E-state index in [0.717, 1.165) is 0 Å². The van der Waals surface area contributed by atoms with Crippen LogP contribution in [-0.2, 0) is 13.0 Å². The average Bonchev–Trinajstić information content (AvgIpc) is 2.56. The number of benzene rings is 1. The lowest BCUT2D eigenvalue weighted by Gasteiger charge is -2.11. The number of alkyl halides is 4. The Labute approximate surface area is 101 Å². The Kier molecular flexibility index (Phi) is 3.28. The van der Waals surface area contributed by atoms with Gasteiger partial charge in [0.1, 0.15) is 12.4 Å². The zero-order chi connectivity index (χ0) is 12.5. The van der Waals surface area contributed by atoms with E-state index in [2.05, 4.69) is 4.98 Å². The molecule has 0 fully saturated rings. The minimum absolute atomic E-state index is 0.251. The van der Waals surface area contributed by atoms with Gasteiger partial charge in [0, 0.05) is 12.3 Å². The molecule has 1 aromatic heterocycles. The zero-order valence-electron chi connectivity index (χ0n) is 8.84. The molecule has 0 aliphatic rings. The molecule has 0 N–H and O–H groups in total. The summed E-state index contributed by atoms with van der Waals surface area (Å²) in [7, 11) is 0. The van der Waals surface area contributed by atoms with Crippen molar-refractivity contribution in [2.45, 2.75) is 19.1 Å². The van der Waals surface area contributed by atoms with Gasteiger partial charge in [-0.15, -0.1) is 11.6 Å². The van der Waals surface area contributed by atoms with Crippen molar-refractivity contribution in [1.82, 2.24) is 9.55 Å². The fourth-order valence-corrected chi connectivity index (χ4v) is 1.93. The molecular formula is C11H10ClF3N2. The van der Waals surface area contributed by atoms with E-state index in [1.807, 2.05) is 0 Å². The minimum atomic E-state index is -4.26. The molecule has 0 saturated carbocycles. The fraction of sp³-hybridized carbons (Fsp3) is 0.364. The molecule has 0 saturated heterocycles. The topological polar surface area (TPSA) is 17.8 Å². The number of rotatable bonds is 3. The standard InChI is InChI=1S/C11H10ClF3N2/c12-6-5-10-16-8-3-1-2-4-9(8)17(10)7-11(13,14)15/h1-4H,5-7H2. The number of aromatic nitrogens is 2. The summed E-state index contributed by atoms with van der Waals surface area (Å²) in [5, 5.41) is 0. The van der Waals surface area contributed by atoms with Crippen LogP contribution in [0.15, 0.2) is 24.3 Å². The van der Waals surface area contributed by atoms with E-state index in [-0.39, 0.29) is 5.88 Å². The van der Waals surface area contributed by atoms with Gasteiger partial charge >= 0.3 is 6.18 Å². The Balaban J connectivity index is 2.51. The van der Waals surface area contributed by atoms with Gasteiger partial charge in [0.25, 0.3) is 0 Å². The third-order valence-corrected chi connectivity index (χ3v) is 2.58.